The zero-order chi connectivity index (χ0) is 12.1. The number of hydrogen-bond donors (Lipinski definition) is 0. The summed E-state index contributed by atoms with van der Waals surface area (Å²) in [6, 6.07) is 1.87. The highest BCUT2D eigenvalue weighted by molar-refractivity contribution is 9.10. The normalized spacial score (nSPS) is 10.0. The maximum Gasteiger partial charge on any atom is 0.344 e. The van der Waals surface area contributed by atoms with Gasteiger partial charge in [-0.25, -0.2) is 13.6 Å². The predicted octanol–water partition coefficient (Wildman–Crippen LogP) is 2.67. The van der Waals surface area contributed by atoms with Gasteiger partial charge >= 0.3 is 5.97 Å². The summed E-state index contributed by atoms with van der Waals surface area (Å²) in [7, 11) is 0. The Balaban J connectivity index is 2.74. The van der Waals surface area contributed by atoms with Crippen molar-refractivity contribution >= 4 is 21.9 Å². The maximum atomic E-state index is 13.2. The van der Waals surface area contributed by atoms with Crippen molar-refractivity contribution in [3.8, 4) is 5.75 Å². The number of ether oxygens (including phenoxy) is 2. The Labute approximate surface area is 99.5 Å². The van der Waals surface area contributed by atoms with Gasteiger partial charge in [0.05, 0.1) is 11.1 Å². The average Bonchev–Trinajstić information content (AvgIpc) is 2.24. The SMILES string of the molecule is CCOC(=O)COc1c(F)ccc(F)c1Br. The molecule has 0 fully saturated rings. The molecular formula is C10H9BrF2O3. The van der Waals surface area contributed by atoms with E-state index in [9.17, 15) is 13.6 Å². The molecule has 0 amide bonds. The summed E-state index contributed by atoms with van der Waals surface area (Å²) in [6.07, 6.45) is 0. The van der Waals surface area contributed by atoms with Crippen LogP contribution in [0.5, 0.6) is 5.75 Å². The van der Waals surface area contributed by atoms with Gasteiger partial charge in [0.25, 0.3) is 0 Å². The van der Waals surface area contributed by atoms with E-state index >= 15 is 0 Å². The third-order valence-corrected chi connectivity index (χ3v) is 2.38. The summed E-state index contributed by atoms with van der Waals surface area (Å²) in [4.78, 5) is 10.9. The zero-order valence-corrected chi connectivity index (χ0v) is 10.0. The summed E-state index contributed by atoms with van der Waals surface area (Å²) in [5.74, 6) is -2.40. The van der Waals surface area contributed by atoms with Crippen molar-refractivity contribution in [3.63, 3.8) is 0 Å². The van der Waals surface area contributed by atoms with E-state index < -0.39 is 24.2 Å². The minimum absolute atomic E-state index is 0.156. The summed E-state index contributed by atoms with van der Waals surface area (Å²) in [5, 5.41) is 0. The summed E-state index contributed by atoms with van der Waals surface area (Å²) in [6.45, 7) is 1.37. The molecule has 88 valence electrons. The number of halogens is 3. The number of benzene rings is 1. The highest BCUT2D eigenvalue weighted by atomic mass is 79.9. The second-order valence-corrected chi connectivity index (χ2v) is 3.56. The van der Waals surface area contributed by atoms with Crippen molar-refractivity contribution < 1.29 is 23.0 Å². The molecule has 1 aromatic rings. The predicted molar refractivity (Wildman–Crippen MR) is 56.2 cm³/mol. The molecule has 0 atom stereocenters. The molecule has 0 aliphatic carbocycles. The van der Waals surface area contributed by atoms with Crippen LogP contribution >= 0.6 is 15.9 Å². The van der Waals surface area contributed by atoms with Gasteiger partial charge < -0.3 is 9.47 Å². The van der Waals surface area contributed by atoms with Crippen LogP contribution in [0, 0.1) is 11.6 Å². The summed E-state index contributed by atoms with van der Waals surface area (Å²) >= 11 is 2.83. The Morgan fingerprint density at radius 3 is 2.62 bits per heavy atom. The van der Waals surface area contributed by atoms with E-state index in [-0.39, 0.29) is 16.8 Å². The van der Waals surface area contributed by atoms with E-state index in [0.29, 0.717) is 0 Å². The van der Waals surface area contributed by atoms with Crippen LogP contribution in [0.4, 0.5) is 8.78 Å². The van der Waals surface area contributed by atoms with Crippen molar-refractivity contribution in [2.75, 3.05) is 13.2 Å². The Kier molecular flexibility index (Phi) is 4.67. The van der Waals surface area contributed by atoms with Gasteiger partial charge in [-0.1, -0.05) is 0 Å². The first-order valence-corrected chi connectivity index (χ1v) is 5.27. The Morgan fingerprint density at radius 2 is 2.00 bits per heavy atom. The number of rotatable bonds is 4. The highest BCUT2D eigenvalue weighted by Gasteiger charge is 2.14. The van der Waals surface area contributed by atoms with Crippen LogP contribution in [-0.4, -0.2) is 19.2 Å². The van der Waals surface area contributed by atoms with Crippen molar-refractivity contribution in [2.24, 2.45) is 0 Å². The molecule has 1 aromatic carbocycles. The molecule has 0 aromatic heterocycles. The van der Waals surface area contributed by atoms with Crippen molar-refractivity contribution in [3.05, 3.63) is 28.2 Å². The molecule has 0 aliphatic rings. The highest BCUT2D eigenvalue weighted by Crippen LogP contribution is 2.30. The van der Waals surface area contributed by atoms with Gasteiger partial charge in [0, 0.05) is 0 Å². The molecule has 3 nitrogen and oxygen atoms in total. The van der Waals surface area contributed by atoms with E-state index in [1.165, 1.54) is 0 Å². The summed E-state index contributed by atoms with van der Waals surface area (Å²) in [5.41, 5.74) is 0. The van der Waals surface area contributed by atoms with Crippen LogP contribution in [-0.2, 0) is 9.53 Å². The van der Waals surface area contributed by atoms with Crippen molar-refractivity contribution in [2.45, 2.75) is 6.92 Å². The Hall–Kier alpha value is -1.17. The molecule has 0 radical (unpaired) electrons. The molecule has 1 rings (SSSR count). The topological polar surface area (TPSA) is 35.5 Å². The van der Waals surface area contributed by atoms with Crippen LogP contribution in [0.3, 0.4) is 0 Å². The second-order valence-electron chi connectivity index (χ2n) is 2.77. The average molecular weight is 295 g/mol. The lowest BCUT2D eigenvalue weighted by Crippen LogP contribution is -2.15. The van der Waals surface area contributed by atoms with Gasteiger partial charge in [-0.05, 0) is 35.0 Å². The standard InChI is InChI=1S/C10H9BrF2O3/c1-2-15-8(14)5-16-10-7(13)4-3-6(12)9(10)11/h3-4H,2,5H2,1H3. The maximum absolute atomic E-state index is 13.2. The van der Waals surface area contributed by atoms with Gasteiger partial charge in [0.1, 0.15) is 5.82 Å². The van der Waals surface area contributed by atoms with E-state index in [0.717, 1.165) is 12.1 Å². The lowest BCUT2D eigenvalue weighted by atomic mass is 10.3. The fraction of sp³-hybridized carbons (Fsp3) is 0.300. The number of carbonyl (C=O) groups is 1. The molecule has 0 spiro atoms. The quantitative estimate of drug-likeness (QED) is 0.633. The molecule has 0 saturated heterocycles. The molecule has 0 N–H and O–H groups in total. The Morgan fingerprint density at radius 1 is 1.38 bits per heavy atom. The number of hydrogen-bond acceptors (Lipinski definition) is 3. The molecule has 0 unspecified atom stereocenters. The van der Waals surface area contributed by atoms with Gasteiger partial charge in [-0.15, -0.1) is 0 Å². The van der Waals surface area contributed by atoms with E-state index in [1.807, 2.05) is 0 Å². The molecule has 0 bridgehead atoms. The van der Waals surface area contributed by atoms with Crippen LogP contribution in [0.25, 0.3) is 0 Å². The molecule has 0 heterocycles. The van der Waals surface area contributed by atoms with Crippen LogP contribution in [0.2, 0.25) is 0 Å². The van der Waals surface area contributed by atoms with Gasteiger partial charge in [-0.3, -0.25) is 0 Å². The minimum Gasteiger partial charge on any atom is -0.478 e. The van der Waals surface area contributed by atoms with Crippen LogP contribution in [0.15, 0.2) is 16.6 Å². The first-order chi connectivity index (χ1) is 7.56. The van der Waals surface area contributed by atoms with E-state index in [1.54, 1.807) is 6.92 Å². The lowest BCUT2D eigenvalue weighted by molar-refractivity contribution is -0.145. The minimum atomic E-state index is -0.752. The first-order valence-electron chi connectivity index (χ1n) is 4.48. The van der Waals surface area contributed by atoms with Crippen LogP contribution < -0.4 is 4.74 Å². The third-order valence-electron chi connectivity index (χ3n) is 1.64. The number of esters is 1. The molecule has 0 saturated carbocycles. The van der Waals surface area contributed by atoms with Crippen LogP contribution in [0.1, 0.15) is 6.92 Å². The first kappa shape index (κ1) is 12.9. The lowest BCUT2D eigenvalue weighted by Gasteiger charge is -2.08. The van der Waals surface area contributed by atoms with E-state index in [2.05, 4.69) is 20.7 Å². The Bertz CT molecular complexity index is 396. The molecular weight excluding hydrogens is 286 g/mol. The second kappa shape index (κ2) is 5.79. The van der Waals surface area contributed by atoms with Gasteiger partial charge in [-0.2, -0.15) is 0 Å². The van der Waals surface area contributed by atoms with Gasteiger partial charge in [0.15, 0.2) is 18.2 Å². The van der Waals surface area contributed by atoms with Gasteiger partial charge in [0.2, 0.25) is 0 Å². The van der Waals surface area contributed by atoms with Crippen molar-refractivity contribution in [1.29, 1.82) is 0 Å². The fourth-order valence-corrected chi connectivity index (χ4v) is 1.41. The smallest absolute Gasteiger partial charge is 0.344 e. The molecule has 6 heteroatoms. The zero-order valence-electron chi connectivity index (χ0n) is 8.43. The summed E-state index contributed by atoms with van der Waals surface area (Å²) < 4.78 is 35.5. The molecule has 16 heavy (non-hydrogen) atoms. The largest absolute Gasteiger partial charge is 0.478 e. The van der Waals surface area contributed by atoms with E-state index in [4.69, 9.17) is 4.74 Å². The van der Waals surface area contributed by atoms with Crippen molar-refractivity contribution in [1.82, 2.24) is 0 Å². The fourth-order valence-electron chi connectivity index (χ4n) is 0.975. The molecule has 0 aliphatic heterocycles. The monoisotopic (exact) mass is 294 g/mol. The third kappa shape index (κ3) is 3.16. The number of carbonyl (C=O) groups excluding carboxylic acids is 1.